The Hall–Kier alpha value is -6.03. The highest BCUT2D eigenvalue weighted by molar-refractivity contribution is 7.89. The molecule has 0 saturated carbocycles. The number of aromatic nitrogens is 7. The van der Waals surface area contributed by atoms with Crippen LogP contribution in [0.3, 0.4) is 0 Å². The van der Waals surface area contributed by atoms with Gasteiger partial charge in [0, 0.05) is 50.3 Å². The molecule has 0 aliphatic rings. The van der Waals surface area contributed by atoms with Gasteiger partial charge in [0.1, 0.15) is 22.1 Å². The number of methoxy groups -OCH3 is 2. The van der Waals surface area contributed by atoms with Gasteiger partial charge in [0.2, 0.25) is 10.0 Å². The quantitative estimate of drug-likeness (QED) is 0.160. The Morgan fingerprint density at radius 1 is 0.818 bits per heavy atom. The van der Waals surface area contributed by atoms with Crippen LogP contribution in [0.4, 0.5) is 0 Å². The number of nitrogens with zero attached hydrogens (tertiary/aromatic N) is 8. The molecule has 0 bridgehead atoms. The molecule has 282 valence electrons. The normalized spacial score (nSPS) is 12.3. The predicted octanol–water partition coefficient (Wildman–Crippen LogP) is 5.35. The van der Waals surface area contributed by atoms with Crippen molar-refractivity contribution in [3.05, 3.63) is 146 Å². The number of hydrogen-bond donors (Lipinski definition) is 0. The molecule has 1 atom stereocenters. The highest BCUT2D eigenvalue weighted by atomic mass is 35.5. The Morgan fingerprint density at radius 2 is 1.42 bits per heavy atom. The van der Waals surface area contributed by atoms with Crippen LogP contribution in [0.25, 0.3) is 28.4 Å². The van der Waals surface area contributed by atoms with Gasteiger partial charge in [0.05, 0.1) is 26.0 Å². The highest BCUT2D eigenvalue weighted by Gasteiger charge is 2.29. The Kier molecular flexibility index (Phi) is 10.2. The molecule has 0 spiro atoms. The minimum absolute atomic E-state index is 0.0334. The van der Waals surface area contributed by atoms with Crippen molar-refractivity contribution in [2.45, 2.75) is 31.0 Å². The van der Waals surface area contributed by atoms with Crippen molar-refractivity contribution in [2.75, 3.05) is 14.2 Å². The summed E-state index contributed by atoms with van der Waals surface area (Å²) in [6, 6.07) is 25.3. The number of ether oxygens (including phenoxy) is 2. The smallest absolute Gasteiger partial charge is 0.333 e. The summed E-state index contributed by atoms with van der Waals surface area (Å²) in [5, 5.41) is 4.80. The summed E-state index contributed by atoms with van der Waals surface area (Å²) in [6.45, 7) is 1.90. The maximum atomic E-state index is 14.3. The van der Waals surface area contributed by atoms with Crippen molar-refractivity contribution in [3.63, 3.8) is 0 Å². The maximum absolute atomic E-state index is 14.3. The third-order valence-corrected chi connectivity index (χ3v) is 11.5. The number of hydrogen-bond acceptors (Lipinski definition) is 9. The van der Waals surface area contributed by atoms with Gasteiger partial charge in [-0.15, -0.1) is 0 Å². The molecule has 0 N–H and O–H groups in total. The summed E-state index contributed by atoms with van der Waals surface area (Å²) in [5.74, 6) is 1.69. The van der Waals surface area contributed by atoms with Crippen LogP contribution >= 0.6 is 11.6 Å². The number of benzene rings is 3. The summed E-state index contributed by atoms with van der Waals surface area (Å²) in [5.41, 5.74) is 2.20. The minimum atomic E-state index is -4.10. The average molecular weight is 781 g/mol. The fourth-order valence-corrected chi connectivity index (χ4v) is 7.88. The van der Waals surface area contributed by atoms with Crippen molar-refractivity contribution in [1.82, 2.24) is 37.8 Å². The van der Waals surface area contributed by atoms with E-state index < -0.39 is 27.3 Å². The number of imidazole rings is 1. The molecule has 3 aromatic carbocycles. The molecule has 0 saturated heterocycles. The van der Waals surface area contributed by atoms with Crippen molar-refractivity contribution < 1.29 is 17.9 Å². The van der Waals surface area contributed by atoms with Crippen LogP contribution in [0, 0.1) is 0 Å². The van der Waals surface area contributed by atoms with E-state index in [2.05, 4.69) is 10.1 Å². The second-order valence-corrected chi connectivity index (χ2v) is 15.2. The SMILES string of the molecule is COc1ccc(CN(Cc2ccc(OC)cc2)S(=O)(=O)c2ccc(C(C)n3c(=O)n(C)c(=O)c4c3nc(-c3ccnn3C)n4-c3ccc(Cl)cc3)nc2)cc1. The van der Waals surface area contributed by atoms with Crippen LogP contribution < -0.4 is 20.7 Å². The molecule has 4 aromatic heterocycles. The van der Waals surface area contributed by atoms with Gasteiger partial charge in [-0.05, 0) is 84.8 Å². The Bertz CT molecular complexity index is 2670. The van der Waals surface area contributed by atoms with E-state index in [4.69, 9.17) is 26.1 Å². The van der Waals surface area contributed by atoms with E-state index in [0.717, 1.165) is 15.7 Å². The number of halogens is 1. The molecule has 55 heavy (non-hydrogen) atoms. The van der Waals surface area contributed by atoms with Gasteiger partial charge in [-0.25, -0.2) is 18.2 Å². The van der Waals surface area contributed by atoms with E-state index in [1.54, 1.807) is 104 Å². The van der Waals surface area contributed by atoms with Crippen molar-refractivity contribution in [1.29, 1.82) is 0 Å². The molecule has 0 aliphatic heterocycles. The third kappa shape index (κ3) is 7.04. The molecule has 0 amide bonds. The first-order chi connectivity index (χ1) is 26.4. The van der Waals surface area contributed by atoms with Crippen LogP contribution in [0.5, 0.6) is 11.5 Å². The third-order valence-electron chi connectivity index (χ3n) is 9.47. The topological polar surface area (TPSA) is 148 Å². The Morgan fingerprint density at radius 3 is 1.93 bits per heavy atom. The molecule has 0 fully saturated rings. The monoisotopic (exact) mass is 780 g/mol. The van der Waals surface area contributed by atoms with E-state index >= 15 is 0 Å². The van der Waals surface area contributed by atoms with E-state index in [1.165, 1.54) is 28.2 Å². The molecular formula is C39H37ClN8O6S. The highest BCUT2D eigenvalue weighted by Crippen LogP contribution is 2.30. The van der Waals surface area contributed by atoms with Gasteiger partial charge in [0.15, 0.2) is 17.0 Å². The lowest BCUT2D eigenvalue weighted by Gasteiger charge is -2.23. The van der Waals surface area contributed by atoms with Gasteiger partial charge >= 0.3 is 5.69 Å². The summed E-state index contributed by atoms with van der Waals surface area (Å²) in [6.07, 6.45) is 2.90. The molecule has 0 aliphatic carbocycles. The number of pyridine rings is 1. The molecule has 1 unspecified atom stereocenters. The first-order valence-corrected chi connectivity index (χ1v) is 18.9. The Balaban J connectivity index is 1.30. The average Bonchev–Trinajstić information content (AvgIpc) is 3.81. The fourth-order valence-electron chi connectivity index (χ4n) is 6.39. The van der Waals surface area contributed by atoms with E-state index in [-0.39, 0.29) is 29.1 Å². The largest absolute Gasteiger partial charge is 0.497 e. The van der Waals surface area contributed by atoms with E-state index in [0.29, 0.717) is 39.4 Å². The maximum Gasteiger partial charge on any atom is 0.333 e. The van der Waals surface area contributed by atoms with E-state index in [9.17, 15) is 18.0 Å². The molecule has 16 heteroatoms. The van der Waals surface area contributed by atoms with Crippen LogP contribution in [0.2, 0.25) is 5.02 Å². The molecule has 7 aromatic rings. The zero-order valence-electron chi connectivity index (χ0n) is 30.6. The zero-order valence-corrected chi connectivity index (χ0v) is 32.2. The van der Waals surface area contributed by atoms with Crippen molar-refractivity contribution in [3.8, 4) is 28.7 Å². The first-order valence-electron chi connectivity index (χ1n) is 17.1. The van der Waals surface area contributed by atoms with Crippen LogP contribution in [0.1, 0.15) is 29.8 Å². The lowest BCUT2D eigenvalue weighted by atomic mass is 10.2. The minimum Gasteiger partial charge on any atom is -0.497 e. The Labute approximate surface area is 321 Å². The van der Waals surface area contributed by atoms with Gasteiger partial charge in [0.25, 0.3) is 5.56 Å². The van der Waals surface area contributed by atoms with Gasteiger partial charge in [-0.3, -0.25) is 28.2 Å². The second kappa shape index (κ2) is 15.0. The van der Waals surface area contributed by atoms with Gasteiger partial charge < -0.3 is 9.47 Å². The lowest BCUT2D eigenvalue weighted by Crippen LogP contribution is -2.40. The second-order valence-electron chi connectivity index (χ2n) is 12.8. The summed E-state index contributed by atoms with van der Waals surface area (Å²) >= 11 is 6.21. The molecular weight excluding hydrogens is 744 g/mol. The molecule has 14 nitrogen and oxygen atoms in total. The summed E-state index contributed by atoms with van der Waals surface area (Å²) in [7, 11) is 2.20. The standard InChI is InChI=1S/C39H37ClN8O6S/c1-25(47-37-35(38(49)44(2)39(47)50)48(29-12-10-28(40)11-13-29)36(43-37)34-20-21-42-45(34)3)33-19-18-32(22-41-33)55(51,52)46(23-26-6-14-30(53-4)15-7-26)24-27-8-16-31(54-5)17-9-27/h6-22,25H,23-24H2,1-5H3. The zero-order chi connectivity index (χ0) is 39.0. The van der Waals surface area contributed by atoms with E-state index in [1.807, 2.05) is 24.3 Å². The summed E-state index contributed by atoms with van der Waals surface area (Å²) in [4.78, 5) is 37.2. The lowest BCUT2D eigenvalue weighted by molar-refractivity contribution is 0.397. The number of sulfonamides is 1. The van der Waals surface area contributed by atoms with Crippen molar-refractivity contribution in [2.24, 2.45) is 14.1 Å². The van der Waals surface area contributed by atoms with Crippen LogP contribution in [0.15, 0.2) is 118 Å². The van der Waals surface area contributed by atoms with Crippen LogP contribution in [-0.2, 0) is 37.2 Å². The molecule has 4 heterocycles. The summed E-state index contributed by atoms with van der Waals surface area (Å²) < 4.78 is 46.3. The first kappa shape index (κ1) is 37.3. The van der Waals surface area contributed by atoms with Gasteiger partial charge in [-0.1, -0.05) is 35.9 Å². The fraction of sp³-hybridized carbons (Fsp3) is 0.205. The van der Waals surface area contributed by atoms with Crippen LogP contribution in [-0.4, -0.2) is 60.4 Å². The number of aryl methyl sites for hydroxylation is 1. The number of rotatable bonds is 12. The molecule has 7 rings (SSSR count). The predicted molar refractivity (Wildman–Crippen MR) is 208 cm³/mol. The molecule has 0 radical (unpaired) electrons. The van der Waals surface area contributed by atoms with Gasteiger partial charge in [-0.2, -0.15) is 9.40 Å². The number of fused-ring (bicyclic) bond motifs is 1. The van der Waals surface area contributed by atoms with Crippen molar-refractivity contribution >= 4 is 32.8 Å².